The van der Waals surface area contributed by atoms with Gasteiger partial charge in [-0.3, -0.25) is 14.5 Å². The van der Waals surface area contributed by atoms with E-state index in [0.29, 0.717) is 17.0 Å². The van der Waals surface area contributed by atoms with Crippen molar-refractivity contribution in [2.24, 2.45) is 7.05 Å². The van der Waals surface area contributed by atoms with Crippen LogP contribution in [0.25, 0.3) is 22.6 Å². The average molecular weight is 520 g/mol. The van der Waals surface area contributed by atoms with Gasteiger partial charge in [-0.2, -0.15) is 10.1 Å². The third-order valence-corrected chi connectivity index (χ3v) is 5.78. The van der Waals surface area contributed by atoms with Crippen molar-refractivity contribution in [1.29, 1.82) is 0 Å². The molecule has 8 nitrogen and oxygen atoms in total. The highest BCUT2D eigenvalue weighted by Crippen LogP contribution is 2.31. The van der Waals surface area contributed by atoms with E-state index in [1.54, 1.807) is 42.5 Å². The number of anilines is 1. The largest absolute Gasteiger partial charge is 0.454 e. The summed E-state index contributed by atoms with van der Waals surface area (Å²) in [6.07, 6.45) is 6.79. The first-order valence-corrected chi connectivity index (χ1v) is 12.2. The molecule has 1 amide bonds. The van der Waals surface area contributed by atoms with E-state index in [-0.39, 0.29) is 28.1 Å². The van der Waals surface area contributed by atoms with Gasteiger partial charge in [-0.05, 0) is 48.7 Å². The summed E-state index contributed by atoms with van der Waals surface area (Å²) in [6, 6.07) is 12.8. The fourth-order valence-electron chi connectivity index (χ4n) is 3.50. The summed E-state index contributed by atoms with van der Waals surface area (Å²) in [7, 11) is 1.80. The van der Waals surface area contributed by atoms with Crippen LogP contribution in [0.15, 0.2) is 82.8 Å². The van der Waals surface area contributed by atoms with Gasteiger partial charge in [0.2, 0.25) is 0 Å². The molecule has 5 aromatic rings. The smallest absolute Gasteiger partial charge is 0.278 e. The maximum Gasteiger partial charge on any atom is 0.278 e. The molecule has 0 spiro atoms. The molecule has 37 heavy (non-hydrogen) atoms. The number of thioether (sulfide) groups is 1. The number of ether oxygens (including phenoxy) is 1. The summed E-state index contributed by atoms with van der Waals surface area (Å²) in [5, 5.41) is 7.01. The first-order chi connectivity index (χ1) is 17.9. The number of benzene rings is 2. The van der Waals surface area contributed by atoms with Crippen LogP contribution in [0.4, 0.5) is 14.5 Å². The number of nitrogens with one attached hydrogen (secondary N) is 1. The normalized spacial score (nSPS) is 10.9. The van der Waals surface area contributed by atoms with Crippen LogP contribution in [0, 0.1) is 11.6 Å². The van der Waals surface area contributed by atoms with Crippen molar-refractivity contribution in [3.8, 4) is 34.1 Å². The van der Waals surface area contributed by atoms with E-state index in [9.17, 15) is 13.6 Å². The van der Waals surface area contributed by atoms with Gasteiger partial charge in [-0.1, -0.05) is 11.8 Å². The zero-order valence-electron chi connectivity index (χ0n) is 19.6. The first kappa shape index (κ1) is 24.2. The number of halogens is 2. The van der Waals surface area contributed by atoms with Gasteiger partial charge in [0.1, 0.15) is 11.6 Å². The Morgan fingerprint density at radius 1 is 1.08 bits per heavy atom. The van der Waals surface area contributed by atoms with Crippen molar-refractivity contribution in [2.45, 2.75) is 5.22 Å². The van der Waals surface area contributed by atoms with Crippen molar-refractivity contribution in [3.63, 3.8) is 0 Å². The van der Waals surface area contributed by atoms with Gasteiger partial charge in [0.15, 0.2) is 23.0 Å². The van der Waals surface area contributed by atoms with E-state index in [1.165, 1.54) is 48.2 Å². The van der Waals surface area contributed by atoms with E-state index in [2.05, 4.69) is 20.4 Å². The quantitative estimate of drug-likeness (QED) is 0.257. The lowest BCUT2D eigenvalue weighted by Crippen LogP contribution is -2.13. The third-order valence-electron chi connectivity index (χ3n) is 5.25. The molecule has 0 saturated heterocycles. The van der Waals surface area contributed by atoms with E-state index in [4.69, 9.17) is 9.15 Å². The van der Waals surface area contributed by atoms with Crippen LogP contribution in [0.5, 0.6) is 11.5 Å². The number of hydrogen-bond acceptors (Lipinski definition) is 7. The lowest BCUT2D eigenvalue weighted by molar-refractivity contribution is 0.102. The minimum Gasteiger partial charge on any atom is -0.454 e. The number of amides is 1. The number of carbonyl (C=O) groups is 1. The van der Waals surface area contributed by atoms with Crippen LogP contribution < -0.4 is 10.1 Å². The Labute approximate surface area is 214 Å². The first-order valence-electron chi connectivity index (χ1n) is 10.9. The molecule has 1 N–H and O–H groups in total. The zero-order chi connectivity index (χ0) is 25.9. The lowest BCUT2D eigenvalue weighted by Gasteiger charge is -2.10. The highest BCUT2D eigenvalue weighted by Gasteiger charge is 2.22. The van der Waals surface area contributed by atoms with Gasteiger partial charge in [0.05, 0.1) is 11.9 Å². The second kappa shape index (κ2) is 10.2. The van der Waals surface area contributed by atoms with E-state index in [1.807, 2.05) is 6.20 Å². The van der Waals surface area contributed by atoms with Crippen LogP contribution in [0.1, 0.15) is 10.5 Å². The van der Waals surface area contributed by atoms with Crippen LogP contribution in [0.2, 0.25) is 0 Å². The standard InChI is InChI=1S/C26H19F2N5O3S/c1-33-14-16(13-30-33)21-12-19(9-10-29-21)35-22-8-7-18(11-20(22)28)31-25(34)23-24(36-26(32-23)37-2)15-3-5-17(27)6-4-15/h3-14H,1-2H3,(H,31,34). The van der Waals surface area contributed by atoms with Gasteiger partial charge in [0.25, 0.3) is 11.1 Å². The Hall–Kier alpha value is -4.51. The highest BCUT2D eigenvalue weighted by molar-refractivity contribution is 7.98. The number of carbonyl (C=O) groups excluding carboxylic acids is 1. The predicted molar refractivity (Wildman–Crippen MR) is 135 cm³/mol. The van der Waals surface area contributed by atoms with E-state index in [0.717, 1.165) is 11.6 Å². The molecular formula is C26H19F2N5O3S. The summed E-state index contributed by atoms with van der Waals surface area (Å²) >= 11 is 1.21. The molecule has 0 aliphatic carbocycles. The van der Waals surface area contributed by atoms with Gasteiger partial charge < -0.3 is 14.5 Å². The number of hydrogen-bond donors (Lipinski definition) is 1. The number of aryl methyl sites for hydroxylation is 1. The third kappa shape index (κ3) is 5.36. The molecule has 5 rings (SSSR count). The SMILES string of the molecule is CSc1nc(C(=O)Nc2ccc(Oc3ccnc(-c4cnn(C)c4)c3)c(F)c2)c(-c2ccc(F)cc2)o1. The molecule has 0 atom stereocenters. The molecule has 0 radical (unpaired) electrons. The van der Waals surface area contributed by atoms with Crippen molar-refractivity contribution >= 4 is 23.4 Å². The summed E-state index contributed by atoms with van der Waals surface area (Å²) in [6.45, 7) is 0. The van der Waals surface area contributed by atoms with Crippen molar-refractivity contribution in [3.05, 3.63) is 90.5 Å². The lowest BCUT2D eigenvalue weighted by atomic mass is 10.1. The van der Waals surface area contributed by atoms with Crippen molar-refractivity contribution in [2.75, 3.05) is 11.6 Å². The summed E-state index contributed by atoms with van der Waals surface area (Å²) in [5.74, 6) is -1.16. The molecule has 0 fully saturated rings. The van der Waals surface area contributed by atoms with Crippen molar-refractivity contribution < 1.29 is 22.7 Å². The molecular weight excluding hydrogens is 500 g/mol. The van der Waals surface area contributed by atoms with Gasteiger partial charge in [0, 0.05) is 48.4 Å². The maximum absolute atomic E-state index is 14.9. The number of nitrogens with zero attached hydrogens (tertiary/aromatic N) is 4. The molecule has 2 aromatic carbocycles. The average Bonchev–Trinajstić information content (AvgIpc) is 3.53. The van der Waals surface area contributed by atoms with Crippen LogP contribution in [-0.2, 0) is 7.05 Å². The Morgan fingerprint density at radius 3 is 2.59 bits per heavy atom. The van der Waals surface area contributed by atoms with Crippen LogP contribution in [0.3, 0.4) is 0 Å². The Bertz CT molecular complexity index is 1580. The van der Waals surface area contributed by atoms with Crippen LogP contribution >= 0.6 is 11.8 Å². The summed E-state index contributed by atoms with van der Waals surface area (Å²) < 4.78 is 41.3. The summed E-state index contributed by atoms with van der Waals surface area (Å²) in [5.41, 5.74) is 2.10. The zero-order valence-corrected chi connectivity index (χ0v) is 20.4. The second-order valence-corrected chi connectivity index (χ2v) is 8.61. The van der Waals surface area contributed by atoms with E-state index < -0.39 is 17.5 Å². The fraction of sp³-hybridized carbons (Fsp3) is 0.0769. The number of aromatic nitrogens is 4. The molecule has 0 saturated carbocycles. The number of rotatable bonds is 7. The van der Waals surface area contributed by atoms with Crippen LogP contribution in [-0.4, -0.2) is 31.9 Å². The van der Waals surface area contributed by atoms with Gasteiger partial charge >= 0.3 is 0 Å². The summed E-state index contributed by atoms with van der Waals surface area (Å²) in [4.78, 5) is 21.5. The van der Waals surface area contributed by atoms with Gasteiger partial charge in [-0.15, -0.1) is 0 Å². The molecule has 11 heteroatoms. The Kier molecular flexibility index (Phi) is 6.69. The number of oxazole rings is 1. The predicted octanol–water partition coefficient (Wildman–Crippen LogP) is 6.18. The minimum atomic E-state index is -0.679. The van der Waals surface area contributed by atoms with E-state index >= 15 is 0 Å². The number of pyridine rings is 1. The second-order valence-electron chi connectivity index (χ2n) is 7.85. The Balaban J connectivity index is 1.34. The Morgan fingerprint density at radius 2 is 1.89 bits per heavy atom. The molecule has 0 aliphatic rings. The monoisotopic (exact) mass is 519 g/mol. The highest BCUT2D eigenvalue weighted by atomic mass is 32.2. The van der Waals surface area contributed by atoms with Gasteiger partial charge in [-0.25, -0.2) is 8.78 Å². The molecule has 3 heterocycles. The molecule has 0 aliphatic heterocycles. The topological polar surface area (TPSA) is 95.1 Å². The molecule has 0 unspecified atom stereocenters. The molecule has 3 aromatic heterocycles. The maximum atomic E-state index is 14.9. The molecule has 0 bridgehead atoms. The minimum absolute atomic E-state index is 0.00332. The van der Waals surface area contributed by atoms with Crippen molar-refractivity contribution in [1.82, 2.24) is 19.7 Å². The fourth-order valence-corrected chi connectivity index (χ4v) is 3.85. The molecule has 186 valence electrons.